The molecule has 3 aromatic rings. The second-order valence-corrected chi connectivity index (χ2v) is 8.29. The summed E-state index contributed by atoms with van der Waals surface area (Å²) in [6.45, 7) is 1.97. The van der Waals surface area contributed by atoms with Gasteiger partial charge in [0, 0.05) is 21.0 Å². The van der Waals surface area contributed by atoms with Gasteiger partial charge in [0.2, 0.25) is 0 Å². The number of carbonyl (C=O) groups is 1. The molecule has 0 fully saturated rings. The third kappa shape index (κ3) is 5.46. The fourth-order valence-corrected chi connectivity index (χ4v) is 3.75. The molecule has 7 nitrogen and oxygen atoms in total. The number of phenolic OH excluding ortho intramolecular Hbond substituents is 1. The maximum Gasteiger partial charge on any atom is 0.283 e. The molecule has 0 heterocycles. The van der Waals surface area contributed by atoms with Crippen molar-refractivity contribution in [2.24, 2.45) is 5.10 Å². The second kappa shape index (κ2) is 9.55. The Hall–Kier alpha value is -3.17. The van der Waals surface area contributed by atoms with Gasteiger partial charge in [-0.3, -0.25) is 14.9 Å². The van der Waals surface area contributed by atoms with Crippen LogP contribution < -0.4 is 5.43 Å². The van der Waals surface area contributed by atoms with Gasteiger partial charge in [-0.2, -0.15) is 5.10 Å². The highest BCUT2D eigenvalue weighted by atomic mass is 79.9. The van der Waals surface area contributed by atoms with Gasteiger partial charge in [-0.05, 0) is 43.3 Å². The maximum absolute atomic E-state index is 12.1. The molecule has 0 atom stereocenters. The summed E-state index contributed by atoms with van der Waals surface area (Å²) in [5.41, 5.74) is 3.86. The monoisotopic (exact) mass is 485 g/mol. The number of hydrogen-bond acceptors (Lipinski definition) is 6. The number of rotatable bonds is 6. The molecular weight excluding hydrogens is 470 g/mol. The standard InChI is InChI=1S/C21H16BrN3O4S/c1-13-2-6-16(7-3-13)30-20-9-4-14(10-18(20)25(28)29)12-23-24-21(27)17-11-15(22)5-8-19(17)26/h2-12,26H,1H3,(H,24,27)/b23-12+. The summed E-state index contributed by atoms with van der Waals surface area (Å²) in [6.07, 6.45) is 1.31. The van der Waals surface area contributed by atoms with Gasteiger partial charge in [0.05, 0.1) is 21.6 Å². The van der Waals surface area contributed by atoms with Gasteiger partial charge in [0.1, 0.15) is 5.75 Å². The fourth-order valence-electron chi connectivity index (χ4n) is 2.49. The molecule has 0 radical (unpaired) electrons. The Bertz CT molecular complexity index is 1130. The molecule has 152 valence electrons. The SMILES string of the molecule is Cc1ccc(Sc2ccc(/C=N/NC(=O)c3cc(Br)ccc3O)cc2[N+](=O)[O-])cc1. The van der Waals surface area contributed by atoms with Crippen LogP contribution in [-0.4, -0.2) is 22.2 Å². The minimum atomic E-state index is -0.605. The molecule has 0 bridgehead atoms. The zero-order valence-corrected chi connectivity index (χ0v) is 18.1. The lowest BCUT2D eigenvalue weighted by Gasteiger charge is -2.05. The molecule has 3 rings (SSSR count). The van der Waals surface area contributed by atoms with Crippen LogP contribution in [0.5, 0.6) is 5.75 Å². The molecule has 0 spiro atoms. The van der Waals surface area contributed by atoms with E-state index in [0.717, 1.165) is 10.5 Å². The summed E-state index contributed by atoms with van der Waals surface area (Å²) < 4.78 is 0.631. The molecule has 30 heavy (non-hydrogen) atoms. The molecule has 9 heteroatoms. The molecule has 0 saturated heterocycles. The van der Waals surface area contributed by atoms with Gasteiger partial charge >= 0.3 is 0 Å². The van der Waals surface area contributed by atoms with Crippen molar-refractivity contribution >= 4 is 45.5 Å². The number of hydrogen-bond donors (Lipinski definition) is 2. The number of halogens is 1. The Labute approximate surface area is 185 Å². The van der Waals surface area contributed by atoms with Crippen LogP contribution in [0.1, 0.15) is 21.5 Å². The number of carbonyl (C=O) groups excluding carboxylic acids is 1. The first-order valence-corrected chi connectivity index (χ1v) is 10.3. The van der Waals surface area contributed by atoms with E-state index in [1.807, 2.05) is 31.2 Å². The largest absolute Gasteiger partial charge is 0.507 e. The average Bonchev–Trinajstić information content (AvgIpc) is 2.72. The summed E-state index contributed by atoms with van der Waals surface area (Å²) >= 11 is 4.53. The molecule has 2 N–H and O–H groups in total. The summed E-state index contributed by atoms with van der Waals surface area (Å²) in [5, 5.41) is 25.1. The van der Waals surface area contributed by atoms with Gasteiger partial charge in [0.15, 0.2) is 0 Å². The first-order chi connectivity index (χ1) is 14.3. The number of nitro groups is 1. The second-order valence-electron chi connectivity index (χ2n) is 6.26. The number of nitrogens with zero attached hydrogens (tertiary/aromatic N) is 2. The van der Waals surface area contributed by atoms with Gasteiger partial charge in [-0.25, -0.2) is 5.43 Å². The average molecular weight is 486 g/mol. The van der Waals surface area contributed by atoms with Gasteiger partial charge < -0.3 is 5.11 Å². The van der Waals surface area contributed by atoms with Crippen molar-refractivity contribution in [3.8, 4) is 5.75 Å². The molecule has 0 aliphatic carbocycles. The summed E-state index contributed by atoms with van der Waals surface area (Å²) in [5.74, 6) is -0.787. The van der Waals surface area contributed by atoms with Gasteiger partial charge in [0.25, 0.3) is 11.6 Å². The van der Waals surface area contributed by atoms with Crippen LogP contribution >= 0.6 is 27.7 Å². The number of phenols is 1. The molecule has 0 unspecified atom stereocenters. The van der Waals surface area contributed by atoms with E-state index in [0.29, 0.717) is 14.9 Å². The van der Waals surface area contributed by atoms with Crippen molar-refractivity contribution in [2.75, 3.05) is 0 Å². The number of benzene rings is 3. The van der Waals surface area contributed by atoms with Gasteiger partial charge in [-0.15, -0.1) is 0 Å². The molecular formula is C21H16BrN3O4S. The molecule has 3 aromatic carbocycles. The first-order valence-electron chi connectivity index (χ1n) is 8.68. The van der Waals surface area contributed by atoms with Gasteiger partial charge in [-0.1, -0.05) is 51.5 Å². The highest BCUT2D eigenvalue weighted by Crippen LogP contribution is 2.35. The smallest absolute Gasteiger partial charge is 0.283 e. The van der Waals surface area contributed by atoms with Crippen LogP contribution in [0.15, 0.2) is 80.0 Å². The predicted molar refractivity (Wildman–Crippen MR) is 119 cm³/mol. The van der Waals surface area contributed by atoms with E-state index >= 15 is 0 Å². The number of nitro benzene ring substituents is 1. The van der Waals surface area contributed by atoms with E-state index in [4.69, 9.17) is 0 Å². The highest BCUT2D eigenvalue weighted by Gasteiger charge is 2.16. The topological polar surface area (TPSA) is 105 Å². The lowest BCUT2D eigenvalue weighted by atomic mass is 10.2. The number of nitrogens with one attached hydrogen (secondary N) is 1. The van der Waals surface area contributed by atoms with Crippen molar-refractivity contribution in [1.29, 1.82) is 0 Å². The zero-order valence-electron chi connectivity index (χ0n) is 15.7. The number of hydrazone groups is 1. The van der Waals surface area contributed by atoms with Crippen LogP contribution in [-0.2, 0) is 0 Å². The van der Waals surface area contributed by atoms with Crippen LogP contribution in [0.25, 0.3) is 0 Å². The van der Waals surface area contributed by atoms with Crippen LogP contribution in [0.4, 0.5) is 5.69 Å². The number of aromatic hydroxyl groups is 1. The Kier molecular flexibility index (Phi) is 6.86. The van der Waals surface area contributed by atoms with E-state index in [1.165, 1.54) is 36.2 Å². The van der Waals surface area contributed by atoms with E-state index in [-0.39, 0.29) is 17.0 Å². The molecule has 1 amide bonds. The Morgan fingerprint density at radius 1 is 1.17 bits per heavy atom. The third-order valence-corrected chi connectivity index (χ3v) is 5.58. The van der Waals surface area contributed by atoms with E-state index in [2.05, 4.69) is 26.5 Å². The Balaban J connectivity index is 1.75. The normalized spacial score (nSPS) is 10.9. The lowest BCUT2D eigenvalue weighted by molar-refractivity contribution is -0.387. The first kappa shape index (κ1) is 21.5. The van der Waals surface area contributed by atoms with Crippen LogP contribution in [0.3, 0.4) is 0 Å². The van der Waals surface area contributed by atoms with Crippen LogP contribution in [0.2, 0.25) is 0 Å². The van der Waals surface area contributed by atoms with Crippen molar-refractivity contribution in [1.82, 2.24) is 5.43 Å². The maximum atomic E-state index is 12.1. The van der Waals surface area contributed by atoms with Crippen molar-refractivity contribution in [3.05, 3.63) is 91.9 Å². The quantitative estimate of drug-likeness (QED) is 0.280. The summed E-state index contributed by atoms with van der Waals surface area (Å²) in [6, 6.07) is 16.9. The van der Waals surface area contributed by atoms with Crippen LogP contribution in [0, 0.1) is 17.0 Å². The predicted octanol–water partition coefficient (Wildman–Crippen LogP) is 5.29. The molecule has 0 aliphatic rings. The Morgan fingerprint density at radius 2 is 1.90 bits per heavy atom. The molecule has 0 saturated carbocycles. The van der Waals surface area contributed by atoms with Crippen molar-refractivity contribution in [2.45, 2.75) is 16.7 Å². The lowest BCUT2D eigenvalue weighted by Crippen LogP contribution is -2.17. The minimum Gasteiger partial charge on any atom is -0.507 e. The minimum absolute atomic E-state index is 0.0531. The Morgan fingerprint density at radius 3 is 2.60 bits per heavy atom. The highest BCUT2D eigenvalue weighted by molar-refractivity contribution is 9.10. The number of aryl methyl sites for hydroxylation is 1. The zero-order chi connectivity index (χ0) is 21.7. The molecule has 0 aliphatic heterocycles. The summed E-state index contributed by atoms with van der Waals surface area (Å²) in [4.78, 5) is 24.6. The van der Waals surface area contributed by atoms with Crippen molar-refractivity contribution < 1.29 is 14.8 Å². The van der Waals surface area contributed by atoms with Crippen molar-refractivity contribution in [3.63, 3.8) is 0 Å². The number of amides is 1. The third-order valence-electron chi connectivity index (χ3n) is 4.01. The fraction of sp³-hybridized carbons (Fsp3) is 0.0476. The van der Waals surface area contributed by atoms with E-state index < -0.39 is 10.8 Å². The van der Waals surface area contributed by atoms with E-state index in [1.54, 1.807) is 18.2 Å². The van der Waals surface area contributed by atoms with E-state index in [9.17, 15) is 20.0 Å². The molecule has 0 aromatic heterocycles. The summed E-state index contributed by atoms with van der Waals surface area (Å²) in [7, 11) is 0.